The number of unbranched alkanes of at least 4 members (excludes halogenated alkanes) is 1. The Morgan fingerprint density at radius 2 is 2.09 bits per heavy atom. The summed E-state index contributed by atoms with van der Waals surface area (Å²) in [6, 6.07) is 0. The first-order valence-electron chi connectivity index (χ1n) is 4.34. The van der Waals surface area contributed by atoms with Crippen molar-refractivity contribution >= 4 is 0 Å². The van der Waals surface area contributed by atoms with E-state index >= 15 is 0 Å². The van der Waals surface area contributed by atoms with Crippen LogP contribution in [-0.2, 0) is 4.74 Å². The van der Waals surface area contributed by atoms with E-state index < -0.39 is 0 Å². The molecule has 1 aliphatic rings. The van der Waals surface area contributed by atoms with E-state index in [1.807, 2.05) is 6.08 Å². The molecule has 0 radical (unpaired) electrons. The van der Waals surface area contributed by atoms with Crippen LogP contribution in [0, 0.1) is 0 Å². The lowest BCUT2D eigenvalue weighted by molar-refractivity contribution is 0.0375. The monoisotopic (exact) mass is 155 g/mol. The Bertz CT molecular complexity index is 108. The van der Waals surface area contributed by atoms with Crippen LogP contribution in [0.15, 0.2) is 12.7 Å². The van der Waals surface area contributed by atoms with Gasteiger partial charge in [0, 0.05) is 13.1 Å². The average Bonchev–Trinajstić information content (AvgIpc) is 2.07. The lowest BCUT2D eigenvalue weighted by Gasteiger charge is -2.26. The number of allylic oxidation sites excluding steroid dienone is 1. The van der Waals surface area contributed by atoms with E-state index in [-0.39, 0.29) is 0 Å². The number of hydrogen-bond donors (Lipinski definition) is 0. The van der Waals surface area contributed by atoms with Crippen molar-refractivity contribution in [3.8, 4) is 0 Å². The summed E-state index contributed by atoms with van der Waals surface area (Å²) in [4.78, 5) is 2.45. The molecule has 1 aliphatic heterocycles. The van der Waals surface area contributed by atoms with E-state index in [2.05, 4.69) is 11.5 Å². The Hall–Kier alpha value is -0.340. The van der Waals surface area contributed by atoms with Gasteiger partial charge in [-0.2, -0.15) is 0 Å². The molecule has 2 heteroatoms. The van der Waals surface area contributed by atoms with Crippen molar-refractivity contribution < 1.29 is 4.74 Å². The highest BCUT2D eigenvalue weighted by Gasteiger charge is 2.08. The van der Waals surface area contributed by atoms with E-state index in [9.17, 15) is 0 Å². The number of hydrogen-bond acceptors (Lipinski definition) is 2. The topological polar surface area (TPSA) is 12.5 Å². The van der Waals surface area contributed by atoms with Crippen molar-refractivity contribution in [2.75, 3.05) is 32.8 Å². The minimum atomic E-state index is 0.911. The summed E-state index contributed by atoms with van der Waals surface area (Å²) in [5, 5.41) is 0. The number of rotatable bonds is 4. The maximum atomic E-state index is 5.24. The van der Waals surface area contributed by atoms with Gasteiger partial charge in [0.05, 0.1) is 13.2 Å². The average molecular weight is 155 g/mol. The molecule has 1 saturated heterocycles. The normalized spacial score (nSPS) is 20.0. The standard InChI is InChI=1S/C9H17NO/c1-2-3-4-5-10-6-8-11-9-7-10/h2H,1,3-9H2. The highest BCUT2D eigenvalue weighted by atomic mass is 16.5. The Balaban J connectivity index is 2.00. The largest absolute Gasteiger partial charge is 0.379 e. The molecule has 0 bridgehead atoms. The van der Waals surface area contributed by atoms with Crippen LogP contribution in [0.5, 0.6) is 0 Å². The SMILES string of the molecule is C=CCCCN1CCOCC1. The summed E-state index contributed by atoms with van der Waals surface area (Å²) in [5.41, 5.74) is 0. The van der Waals surface area contributed by atoms with Crippen LogP contribution in [0.25, 0.3) is 0 Å². The van der Waals surface area contributed by atoms with Gasteiger partial charge in [-0.1, -0.05) is 6.08 Å². The van der Waals surface area contributed by atoms with E-state index in [0.717, 1.165) is 32.7 Å². The fourth-order valence-corrected chi connectivity index (χ4v) is 1.28. The molecule has 0 aromatic heterocycles. The van der Waals surface area contributed by atoms with Gasteiger partial charge in [0.15, 0.2) is 0 Å². The molecule has 0 aromatic carbocycles. The molecule has 1 rings (SSSR count). The van der Waals surface area contributed by atoms with Crippen molar-refractivity contribution in [1.82, 2.24) is 4.90 Å². The van der Waals surface area contributed by atoms with Crippen LogP contribution in [-0.4, -0.2) is 37.7 Å². The quantitative estimate of drug-likeness (QED) is 0.448. The lowest BCUT2D eigenvalue weighted by atomic mass is 10.3. The van der Waals surface area contributed by atoms with E-state index in [4.69, 9.17) is 4.74 Å². The molecule has 0 atom stereocenters. The summed E-state index contributed by atoms with van der Waals surface area (Å²) >= 11 is 0. The predicted molar refractivity (Wildman–Crippen MR) is 46.7 cm³/mol. The zero-order chi connectivity index (χ0) is 7.94. The first-order chi connectivity index (χ1) is 5.43. The molecule has 0 spiro atoms. The van der Waals surface area contributed by atoms with Crippen LogP contribution in [0.2, 0.25) is 0 Å². The minimum Gasteiger partial charge on any atom is -0.379 e. The molecule has 0 amide bonds. The summed E-state index contributed by atoms with van der Waals surface area (Å²) in [5.74, 6) is 0. The van der Waals surface area contributed by atoms with Gasteiger partial charge in [-0.05, 0) is 19.4 Å². The Morgan fingerprint density at radius 3 is 2.73 bits per heavy atom. The number of nitrogens with zero attached hydrogens (tertiary/aromatic N) is 1. The third kappa shape index (κ3) is 3.54. The minimum absolute atomic E-state index is 0.911. The van der Waals surface area contributed by atoms with Gasteiger partial charge in [-0.25, -0.2) is 0 Å². The second-order valence-corrected chi connectivity index (χ2v) is 2.88. The van der Waals surface area contributed by atoms with Crippen molar-refractivity contribution in [3.05, 3.63) is 12.7 Å². The third-order valence-corrected chi connectivity index (χ3v) is 1.99. The maximum Gasteiger partial charge on any atom is 0.0594 e. The van der Waals surface area contributed by atoms with Gasteiger partial charge in [-0.3, -0.25) is 4.90 Å². The molecule has 11 heavy (non-hydrogen) atoms. The fraction of sp³-hybridized carbons (Fsp3) is 0.778. The number of ether oxygens (including phenoxy) is 1. The summed E-state index contributed by atoms with van der Waals surface area (Å²) in [7, 11) is 0. The summed E-state index contributed by atoms with van der Waals surface area (Å²) in [6.45, 7) is 8.94. The fourth-order valence-electron chi connectivity index (χ4n) is 1.28. The lowest BCUT2D eigenvalue weighted by Crippen LogP contribution is -2.36. The van der Waals surface area contributed by atoms with Crippen molar-refractivity contribution in [1.29, 1.82) is 0 Å². The Morgan fingerprint density at radius 1 is 1.36 bits per heavy atom. The van der Waals surface area contributed by atoms with Crippen LogP contribution in [0.4, 0.5) is 0 Å². The molecule has 1 fully saturated rings. The zero-order valence-electron chi connectivity index (χ0n) is 7.09. The second kappa shape index (κ2) is 5.33. The summed E-state index contributed by atoms with van der Waals surface area (Å²) in [6.07, 6.45) is 4.36. The molecule has 1 heterocycles. The van der Waals surface area contributed by atoms with Crippen LogP contribution in [0.3, 0.4) is 0 Å². The molecule has 0 unspecified atom stereocenters. The van der Waals surface area contributed by atoms with Crippen molar-refractivity contribution in [3.63, 3.8) is 0 Å². The van der Waals surface area contributed by atoms with Crippen molar-refractivity contribution in [2.45, 2.75) is 12.8 Å². The molecular weight excluding hydrogens is 138 g/mol. The van der Waals surface area contributed by atoms with Crippen LogP contribution < -0.4 is 0 Å². The van der Waals surface area contributed by atoms with Crippen LogP contribution >= 0.6 is 0 Å². The van der Waals surface area contributed by atoms with Gasteiger partial charge < -0.3 is 4.74 Å². The second-order valence-electron chi connectivity index (χ2n) is 2.88. The summed E-state index contributed by atoms with van der Waals surface area (Å²) < 4.78 is 5.24. The Labute approximate surface area is 68.8 Å². The molecule has 0 saturated carbocycles. The Kier molecular flexibility index (Phi) is 4.24. The van der Waals surface area contributed by atoms with E-state index in [1.54, 1.807) is 0 Å². The first kappa shape index (κ1) is 8.75. The van der Waals surface area contributed by atoms with Gasteiger partial charge in [-0.15, -0.1) is 6.58 Å². The molecule has 64 valence electrons. The maximum absolute atomic E-state index is 5.24. The van der Waals surface area contributed by atoms with Crippen LogP contribution in [0.1, 0.15) is 12.8 Å². The van der Waals surface area contributed by atoms with Crippen molar-refractivity contribution in [2.24, 2.45) is 0 Å². The molecular formula is C9H17NO. The smallest absolute Gasteiger partial charge is 0.0594 e. The third-order valence-electron chi connectivity index (χ3n) is 1.99. The van der Waals surface area contributed by atoms with Gasteiger partial charge in [0.1, 0.15) is 0 Å². The molecule has 0 aliphatic carbocycles. The molecule has 0 aromatic rings. The number of morpholine rings is 1. The zero-order valence-corrected chi connectivity index (χ0v) is 7.09. The first-order valence-corrected chi connectivity index (χ1v) is 4.34. The van der Waals surface area contributed by atoms with E-state index in [1.165, 1.54) is 13.0 Å². The highest BCUT2D eigenvalue weighted by molar-refractivity contribution is 4.68. The predicted octanol–water partition coefficient (Wildman–Crippen LogP) is 1.28. The van der Waals surface area contributed by atoms with Gasteiger partial charge in [0.2, 0.25) is 0 Å². The van der Waals surface area contributed by atoms with E-state index in [0.29, 0.717) is 0 Å². The molecule has 0 N–H and O–H groups in total. The van der Waals surface area contributed by atoms with Gasteiger partial charge >= 0.3 is 0 Å². The van der Waals surface area contributed by atoms with Gasteiger partial charge in [0.25, 0.3) is 0 Å². The molecule has 2 nitrogen and oxygen atoms in total. The highest BCUT2D eigenvalue weighted by Crippen LogP contribution is 1.99.